The molecule has 1 aromatic carbocycles. The summed E-state index contributed by atoms with van der Waals surface area (Å²) in [4.78, 5) is 31.5. The molecule has 0 radical (unpaired) electrons. The molecule has 0 saturated carbocycles. The summed E-state index contributed by atoms with van der Waals surface area (Å²) in [6.45, 7) is 2.62. The van der Waals surface area contributed by atoms with Crippen molar-refractivity contribution >= 4 is 38.4 Å². The lowest BCUT2D eigenvalue weighted by atomic mass is 10.0. The van der Waals surface area contributed by atoms with Gasteiger partial charge in [0.15, 0.2) is 22.4 Å². The fourth-order valence-electron chi connectivity index (χ4n) is 5.28. The third-order valence-electron chi connectivity index (χ3n) is 6.88. The molecular weight excluding hydrogens is 422 g/mol. The molecule has 3 aliphatic rings. The molecule has 5 heterocycles. The molecule has 3 aliphatic heterocycles. The Morgan fingerprint density at radius 1 is 1.09 bits per heavy atom. The Labute approximate surface area is 191 Å². The minimum Gasteiger partial charge on any atom is -0.371 e. The van der Waals surface area contributed by atoms with Crippen molar-refractivity contribution in [1.82, 2.24) is 15.0 Å². The summed E-state index contributed by atoms with van der Waals surface area (Å²) >= 11 is 1.63. The lowest BCUT2D eigenvalue weighted by Crippen LogP contribution is -2.43. The predicted molar refractivity (Wildman–Crippen MR) is 125 cm³/mol. The van der Waals surface area contributed by atoms with Crippen LogP contribution in [0.25, 0.3) is 10.3 Å². The normalized spacial score (nSPS) is 25.1. The molecule has 3 fully saturated rings. The Morgan fingerprint density at radius 2 is 1.91 bits per heavy atom. The number of anilines is 2. The molecule has 32 heavy (non-hydrogen) atoms. The number of morpholine rings is 1. The minimum absolute atomic E-state index is 0.0880. The number of carbonyl (C=O) groups is 1. The maximum absolute atomic E-state index is 13.1. The summed E-state index contributed by atoms with van der Waals surface area (Å²) in [6, 6.07) is 10.2. The van der Waals surface area contributed by atoms with Crippen LogP contribution in [0.5, 0.6) is 0 Å². The van der Waals surface area contributed by atoms with Crippen molar-refractivity contribution in [2.24, 2.45) is 0 Å². The SMILES string of the molecule is O=C(CCc1ccccc1)[C@H]1CCCN1c1nc2ncnc(N3CC4CCC(C3)O4)c2s1. The maximum atomic E-state index is 13.1. The van der Waals surface area contributed by atoms with E-state index in [2.05, 4.69) is 31.9 Å². The van der Waals surface area contributed by atoms with Crippen LogP contribution in [0.4, 0.5) is 10.9 Å². The molecule has 6 rings (SSSR count). The van der Waals surface area contributed by atoms with E-state index in [1.54, 1.807) is 17.7 Å². The lowest BCUT2D eigenvalue weighted by Gasteiger charge is -2.32. The van der Waals surface area contributed by atoms with E-state index in [0.29, 0.717) is 24.4 Å². The fourth-order valence-corrected chi connectivity index (χ4v) is 6.39. The zero-order valence-electron chi connectivity index (χ0n) is 18.0. The number of hydrogen-bond acceptors (Lipinski definition) is 8. The van der Waals surface area contributed by atoms with Crippen LogP contribution >= 0.6 is 11.3 Å². The van der Waals surface area contributed by atoms with Gasteiger partial charge in [-0.15, -0.1) is 0 Å². The number of thiazole rings is 1. The zero-order valence-corrected chi connectivity index (χ0v) is 18.8. The van der Waals surface area contributed by atoms with Crippen LogP contribution in [-0.2, 0) is 16.0 Å². The van der Waals surface area contributed by atoms with Gasteiger partial charge in [0.2, 0.25) is 0 Å². The summed E-state index contributed by atoms with van der Waals surface area (Å²) in [5.74, 6) is 1.27. The van der Waals surface area contributed by atoms with Gasteiger partial charge < -0.3 is 14.5 Å². The number of carbonyl (C=O) groups excluding carboxylic acids is 1. The Balaban J connectivity index is 1.22. The zero-order chi connectivity index (χ0) is 21.5. The van der Waals surface area contributed by atoms with Crippen LogP contribution in [-0.4, -0.2) is 58.6 Å². The average Bonchev–Trinajstić information content (AvgIpc) is 3.55. The van der Waals surface area contributed by atoms with Gasteiger partial charge in [-0.1, -0.05) is 41.7 Å². The van der Waals surface area contributed by atoms with Crippen molar-refractivity contribution in [3.63, 3.8) is 0 Å². The molecule has 0 N–H and O–H groups in total. The van der Waals surface area contributed by atoms with E-state index in [-0.39, 0.29) is 6.04 Å². The van der Waals surface area contributed by atoms with E-state index in [1.165, 1.54) is 5.56 Å². The van der Waals surface area contributed by atoms with Crippen molar-refractivity contribution in [2.75, 3.05) is 29.4 Å². The van der Waals surface area contributed by atoms with Gasteiger partial charge in [0.25, 0.3) is 0 Å². The van der Waals surface area contributed by atoms with Gasteiger partial charge in [-0.05, 0) is 37.7 Å². The number of aromatic nitrogens is 3. The number of hydrogen-bond donors (Lipinski definition) is 0. The number of ether oxygens (including phenoxy) is 1. The van der Waals surface area contributed by atoms with Gasteiger partial charge in [-0.2, -0.15) is 4.98 Å². The first kappa shape index (κ1) is 20.1. The van der Waals surface area contributed by atoms with E-state index in [4.69, 9.17) is 9.72 Å². The number of Topliss-reactive ketones (excluding diaryl/α,β-unsaturated/α-hetero) is 1. The fraction of sp³-hybridized carbons (Fsp3) is 0.500. The molecule has 0 aliphatic carbocycles. The first-order chi connectivity index (χ1) is 15.7. The van der Waals surface area contributed by atoms with Crippen molar-refractivity contribution in [3.8, 4) is 0 Å². The summed E-state index contributed by atoms with van der Waals surface area (Å²) in [5, 5.41) is 0.897. The first-order valence-electron chi connectivity index (χ1n) is 11.6. The summed E-state index contributed by atoms with van der Waals surface area (Å²) < 4.78 is 7.02. The Morgan fingerprint density at radius 3 is 2.72 bits per heavy atom. The standard InChI is InChI=1S/C24H27N5O2S/c30-20(11-8-16-5-2-1-3-6-16)19-7-4-12-29(19)24-27-22-21(32-24)23(26-15-25-22)28-13-17-9-10-18(14-28)31-17/h1-3,5-6,15,17-19H,4,7-14H2/t17?,18?,19-/m1/s1. The van der Waals surface area contributed by atoms with Crippen LogP contribution in [0.1, 0.15) is 37.7 Å². The van der Waals surface area contributed by atoms with E-state index in [1.807, 2.05) is 18.2 Å². The molecule has 2 aromatic heterocycles. The molecule has 3 aromatic rings. The third kappa shape index (κ3) is 3.75. The summed E-state index contributed by atoms with van der Waals surface area (Å²) in [5.41, 5.74) is 1.95. The maximum Gasteiger partial charge on any atom is 0.188 e. The van der Waals surface area contributed by atoms with Crippen molar-refractivity contribution in [2.45, 2.75) is 56.8 Å². The topological polar surface area (TPSA) is 71.5 Å². The second kappa shape index (κ2) is 8.41. The van der Waals surface area contributed by atoms with Crippen LogP contribution in [0, 0.1) is 0 Å². The van der Waals surface area contributed by atoms with Crippen molar-refractivity contribution < 1.29 is 9.53 Å². The number of fused-ring (bicyclic) bond motifs is 3. The minimum atomic E-state index is -0.0880. The van der Waals surface area contributed by atoms with Crippen LogP contribution < -0.4 is 9.80 Å². The van der Waals surface area contributed by atoms with Gasteiger partial charge in [0, 0.05) is 26.1 Å². The van der Waals surface area contributed by atoms with Gasteiger partial charge >= 0.3 is 0 Å². The molecule has 7 nitrogen and oxygen atoms in total. The highest BCUT2D eigenvalue weighted by molar-refractivity contribution is 7.22. The smallest absolute Gasteiger partial charge is 0.188 e. The number of benzene rings is 1. The number of aryl methyl sites for hydroxylation is 1. The Hall–Kier alpha value is -2.58. The molecule has 3 atom stereocenters. The molecule has 2 bridgehead atoms. The molecule has 2 unspecified atom stereocenters. The highest BCUT2D eigenvalue weighted by Crippen LogP contribution is 2.38. The highest BCUT2D eigenvalue weighted by Gasteiger charge is 2.36. The first-order valence-corrected chi connectivity index (χ1v) is 12.4. The molecule has 3 saturated heterocycles. The molecular formula is C24H27N5O2S. The second-order valence-corrected chi connectivity index (χ2v) is 9.99. The van der Waals surface area contributed by atoms with Crippen LogP contribution in [0.3, 0.4) is 0 Å². The molecule has 166 valence electrons. The van der Waals surface area contributed by atoms with Crippen LogP contribution in [0.15, 0.2) is 36.7 Å². The van der Waals surface area contributed by atoms with E-state index in [9.17, 15) is 4.79 Å². The third-order valence-corrected chi connectivity index (χ3v) is 7.95. The van der Waals surface area contributed by atoms with Gasteiger partial charge in [0.1, 0.15) is 11.0 Å². The molecule has 0 amide bonds. The van der Waals surface area contributed by atoms with Crippen molar-refractivity contribution in [1.29, 1.82) is 0 Å². The molecule has 8 heteroatoms. The molecule has 0 spiro atoms. The Kier molecular flexibility index (Phi) is 5.27. The van der Waals surface area contributed by atoms with E-state index >= 15 is 0 Å². The monoisotopic (exact) mass is 449 g/mol. The number of ketones is 1. The quantitative estimate of drug-likeness (QED) is 0.569. The number of nitrogens with zero attached hydrogens (tertiary/aromatic N) is 5. The predicted octanol–water partition coefficient (Wildman–Crippen LogP) is 3.62. The second-order valence-electron chi connectivity index (χ2n) is 9.01. The van der Waals surface area contributed by atoms with Crippen molar-refractivity contribution in [3.05, 3.63) is 42.2 Å². The number of rotatable bonds is 6. The average molecular weight is 450 g/mol. The van der Waals surface area contributed by atoms with Crippen LogP contribution in [0.2, 0.25) is 0 Å². The van der Waals surface area contributed by atoms with Gasteiger partial charge in [0.05, 0.1) is 18.2 Å². The summed E-state index contributed by atoms with van der Waals surface area (Å²) in [6.07, 6.45) is 7.75. The summed E-state index contributed by atoms with van der Waals surface area (Å²) in [7, 11) is 0. The Bertz CT molecular complexity index is 1110. The lowest BCUT2D eigenvalue weighted by molar-refractivity contribution is -0.120. The van der Waals surface area contributed by atoms with Gasteiger partial charge in [-0.3, -0.25) is 4.79 Å². The largest absolute Gasteiger partial charge is 0.371 e. The van der Waals surface area contributed by atoms with E-state index in [0.717, 1.165) is 73.0 Å². The van der Waals surface area contributed by atoms with Gasteiger partial charge in [-0.25, -0.2) is 9.97 Å². The highest BCUT2D eigenvalue weighted by atomic mass is 32.1. The van der Waals surface area contributed by atoms with E-state index < -0.39 is 0 Å².